The second-order valence-corrected chi connectivity index (χ2v) is 7.20. The molecule has 0 radical (unpaired) electrons. The van der Waals surface area contributed by atoms with Crippen LogP contribution in [0.5, 0.6) is 0 Å². The van der Waals surface area contributed by atoms with Gasteiger partial charge in [0.25, 0.3) is 5.91 Å². The van der Waals surface area contributed by atoms with Crippen molar-refractivity contribution in [3.63, 3.8) is 0 Å². The maximum absolute atomic E-state index is 12.2. The van der Waals surface area contributed by atoms with Crippen LogP contribution in [-0.2, 0) is 13.1 Å². The van der Waals surface area contributed by atoms with Gasteiger partial charge in [-0.05, 0) is 49.6 Å². The summed E-state index contributed by atoms with van der Waals surface area (Å²) in [7, 11) is 0. The van der Waals surface area contributed by atoms with E-state index in [4.69, 9.17) is 11.6 Å². The van der Waals surface area contributed by atoms with E-state index in [2.05, 4.69) is 41.4 Å². The van der Waals surface area contributed by atoms with E-state index in [0.717, 1.165) is 12.1 Å². The molecule has 1 saturated heterocycles. The van der Waals surface area contributed by atoms with Crippen molar-refractivity contribution in [2.75, 3.05) is 6.54 Å². The number of hydrogen-bond acceptors (Lipinski definition) is 2. The van der Waals surface area contributed by atoms with E-state index in [1.165, 1.54) is 31.4 Å². The number of nitrogens with one attached hydrogen (secondary N) is 1. The first kappa shape index (κ1) is 18.0. The smallest absolute Gasteiger partial charge is 0.253 e. The van der Waals surface area contributed by atoms with Crippen molar-refractivity contribution in [1.82, 2.24) is 10.2 Å². The molecule has 0 spiro atoms. The lowest BCUT2D eigenvalue weighted by atomic mass is 10.0. The minimum atomic E-state index is -0.142. The van der Waals surface area contributed by atoms with Gasteiger partial charge in [-0.2, -0.15) is 0 Å². The van der Waals surface area contributed by atoms with Crippen molar-refractivity contribution in [3.05, 3.63) is 70.2 Å². The molecule has 1 N–H and O–H groups in total. The molecule has 0 aromatic heterocycles. The number of nitrogens with zero attached hydrogens (tertiary/aromatic N) is 1. The van der Waals surface area contributed by atoms with Gasteiger partial charge in [0, 0.05) is 19.1 Å². The highest BCUT2D eigenvalue weighted by molar-refractivity contribution is 6.33. The zero-order chi connectivity index (χ0) is 17.6. The Labute approximate surface area is 155 Å². The molecule has 1 fully saturated rings. The summed E-state index contributed by atoms with van der Waals surface area (Å²) in [6.45, 7) is 5.02. The summed E-state index contributed by atoms with van der Waals surface area (Å²) in [6.07, 6.45) is 3.95. The van der Waals surface area contributed by atoms with E-state index in [9.17, 15) is 4.79 Å². The lowest BCUT2D eigenvalue weighted by Gasteiger charge is -2.33. The molecule has 2 aromatic rings. The zero-order valence-electron chi connectivity index (χ0n) is 14.7. The summed E-state index contributed by atoms with van der Waals surface area (Å²) in [6, 6.07) is 16.3. The van der Waals surface area contributed by atoms with Gasteiger partial charge in [0.1, 0.15) is 0 Å². The number of carbonyl (C=O) groups excluding carboxylic acids is 1. The number of piperidine rings is 1. The third-order valence-corrected chi connectivity index (χ3v) is 5.25. The van der Waals surface area contributed by atoms with Crippen LogP contribution in [0.3, 0.4) is 0 Å². The first-order valence-electron chi connectivity index (χ1n) is 8.98. The van der Waals surface area contributed by atoms with Gasteiger partial charge in [-0.3, -0.25) is 9.69 Å². The maximum atomic E-state index is 12.2. The summed E-state index contributed by atoms with van der Waals surface area (Å²) >= 11 is 6.06. The van der Waals surface area contributed by atoms with Gasteiger partial charge in [-0.1, -0.05) is 54.4 Å². The molecule has 1 aliphatic heterocycles. The van der Waals surface area contributed by atoms with Gasteiger partial charge < -0.3 is 5.32 Å². The van der Waals surface area contributed by atoms with Gasteiger partial charge in [0.2, 0.25) is 0 Å². The van der Waals surface area contributed by atoms with E-state index in [1.807, 2.05) is 12.1 Å². The number of hydrogen-bond donors (Lipinski definition) is 1. The molecule has 132 valence electrons. The average molecular weight is 357 g/mol. The Morgan fingerprint density at radius 2 is 1.84 bits per heavy atom. The number of likely N-dealkylation sites (tertiary alicyclic amines) is 1. The molecule has 3 rings (SSSR count). The van der Waals surface area contributed by atoms with Crippen molar-refractivity contribution in [3.8, 4) is 0 Å². The number of rotatable bonds is 5. The Kier molecular flexibility index (Phi) is 6.11. The van der Waals surface area contributed by atoms with Crippen LogP contribution in [0.25, 0.3) is 0 Å². The summed E-state index contributed by atoms with van der Waals surface area (Å²) in [5, 5.41) is 3.41. The predicted molar refractivity (Wildman–Crippen MR) is 103 cm³/mol. The number of carbonyl (C=O) groups is 1. The van der Waals surface area contributed by atoms with Gasteiger partial charge >= 0.3 is 0 Å². The normalized spacial score (nSPS) is 18.1. The third-order valence-electron chi connectivity index (χ3n) is 4.92. The van der Waals surface area contributed by atoms with E-state index in [1.54, 1.807) is 12.1 Å². The number of benzene rings is 2. The van der Waals surface area contributed by atoms with Crippen molar-refractivity contribution < 1.29 is 4.79 Å². The van der Waals surface area contributed by atoms with Crippen LogP contribution in [0.1, 0.15) is 47.7 Å². The summed E-state index contributed by atoms with van der Waals surface area (Å²) < 4.78 is 0. The molecule has 0 saturated carbocycles. The highest BCUT2D eigenvalue weighted by Crippen LogP contribution is 2.19. The van der Waals surface area contributed by atoms with Gasteiger partial charge in [-0.25, -0.2) is 0 Å². The Balaban J connectivity index is 1.54. The van der Waals surface area contributed by atoms with Crippen LogP contribution < -0.4 is 5.32 Å². The highest BCUT2D eigenvalue weighted by Gasteiger charge is 2.18. The molecule has 4 heteroatoms. The number of halogens is 1. The van der Waals surface area contributed by atoms with Crippen LogP contribution >= 0.6 is 11.6 Å². The van der Waals surface area contributed by atoms with E-state index in [0.29, 0.717) is 23.2 Å². The minimum Gasteiger partial charge on any atom is -0.348 e. The monoisotopic (exact) mass is 356 g/mol. The van der Waals surface area contributed by atoms with Crippen LogP contribution in [0.15, 0.2) is 48.5 Å². The predicted octanol–water partition coefficient (Wildman–Crippen LogP) is 4.64. The first-order chi connectivity index (χ1) is 12.1. The molecule has 1 atom stereocenters. The molecule has 0 bridgehead atoms. The SMILES string of the molecule is C[C@H]1CCCCN1Cc1ccc(CNC(=O)c2ccccc2Cl)cc1. The lowest BCUT2D eigenvalue weighted by Crippen LogP contribution is -2.36. The largest absolute Gasteiger partial charge is 0.348 e. The average Bonchev–Trinajstić information content (AvgIpc) is 2.63. The van der Waals surface area contributed by atoms with Crippen molar-refractivity contribution >= 4 is 17.5 Å². The van der Waals surface area contributed by atoms with Crippen molar-refractivity contribution in [2.24, 2.45) is 0 Å². The third kappa shape index (κ3) is 4.83. The highest BCUT2D eigenvalue weighted by atomic mass is 35.5. The van der Waals surface area contributed by atoms with E-state index < -0.39 is 0 Å². The Morgan fingerprint density at radius 3 is 2.56 bits per heavy atom. The quantitative estimate of drug-likeness (QED) is 0.846. The molecular formula is C21H25ClN2O. The zero-order valence-corrected chi connectivity index (χ0v) is 15.4. The van der Waals surface area contributed by atoms with Gasteiger partial charge in [0.15, 0.2) is 0 Å². The molecule has 3 nitrogen and oxygen atoms in total. The fourth-order valence-electron chi connectivity index (χ4n) is 3.31. The molecular weight excluding hydrogens is 332 g/mol. The van der Waals surface area contributed by atoms with Crippen LogP contribution in [0.4, 0.5) is 0 Å². The van der Waals surface area contributed by atoms with Crippen molar-refractivity contribution in [2.45, 2.75) is 45.3 Å². The van der Waals surface area contributed by atoms with Gasteiger partial charge in [0.05, 0.1) is 10.6 Å². The van der Waals surface area contributed by atoms with Crippen LogP contribution in [0, 0.1) is 0 Å². The Hall–Kier alpha value is -1.84. The fraction of sp³-hybridized carbons (Fsp3) is 0.381. The molecule has 1 heterocycles. The minimum absolute atomic E-state index is 0.142. The molecule has 25 heavy (non-hydrogen) atoms. The molecule has 1 amide bonds. The molecule has 0 aliphatic carbocycles. The summed E-state index contributed by atoms with van der Waals surface area (Å²) in [5.74, 6) is -0.142. The molecule has 0 unspecified atom stereocenters. The van der Waals surface area contributed by atoms with Crippen LogP contribution in [-0.4, -0.2) is 23.4 Å². The molecule has 2 aromatic carbocycles. The fourth-order valence-corrected chi connectivity index (χ4v) is 3.53. The molecule has 1 aliphatic rings. The Morgan fingerprint density at radius 1 is 1.12 bits per heavy atom. The summed E-state index contributed by atoms with van der Waals surface area (Å²) in [5.41, 5.74) is 2.94. The first-order valence-corrected chi connectivity index (χ1v) is 9.36. The number of amides is 1. The van der Waals surface area contributed by atoms with E-state index >= 15 is 0 Å². The Bertz CT molecular complexity index is 714. The lowest BCUT2D eigenvalue weighted by molar-refractivity contribution is 0.0951. The summed E-state index contributed by atoms with van der Waals surface area (Å²) in [4.78, 5) is 14.8. The second kappa shape index (κ2) is 8.50. The van der Waals surface area contributed by atoms with E-state index in [-0.39, 0.29) is 5.91 Å². The maximum Gasteiger partial charge on any atom is 0.253 e. The second-order valence-electron chi connectivity index (χ2n) is 6.79. The van der Waals surface area contributed by atoms with Crippen molar-refractivity contribution in [1.29, 1.82) is 0 Å². The van der Waals surface area contributed by atoms with Crippen LogP contribution in [0.2, 0.25) is 5.02 Å². The van der Waals surface area contributed by atoms with Gasteiger partial charge in [-0.15, -0.1) is 0 Å². The standard InChI is InChI=1S/C21H25ClN2O/c1-16-6-4-5-13-24(16)15-18-11-9-17(10-12-18)14-23-21(25)19-7-2-3-8-20(19)22/h2-3,7-12,16H,4-6,13-15H2,1H3,(H,23,25)/t16-/m0/s1. The topological polar surface area (TPSA) is 32.3 Å².